The summed E-state index contributed by atoms with van der Waals surface area (Å²) in [6.45, 7) is 0.293. The van der Waals surface area contributed by atoms with E-state index in [9.17, 15) is 8.42 Å². The van der Waals surface area contributed by atoms with E-state index in [0.29, 0.717) is 18.3 Å². The van der Waals surface area contributed by atoms with Crippen molar-refractivity contribution in [2.45, 2.75) is 38.6 Å². The van der Waals surface area contributed by atoms with Gasteiger partial charge in [-0.25, -0.2) is 13.4 Å². The maximum absolute atomic E-state index is 12.4. The van der Waals surface area contributed by atoms with Gasteiger partial charge in [0.15, 0.2) is 0 Å². The minimum Gasteiger partial charge on any atom is -0.341 e. The molecule has 1 N–H and O–H groups in total. The van der Waals surface area contributed by atoms with Crippen LogP contribution in [0.15, 0.2) is 24.3 Å². The lowest BCUT2D eigenvalue weighted by Gasteiger charge is -2.17. The molecular formula is C16H23N3O2S. The lowest BCUT2D eigenvalue weighted by molar-refractivity contribution is 0.447. The van der Waals surface area contributed by atoms with E-state index in [1.165, 1.54) is 30.0 Å². The molecule has 0 unspecified atom stereocenters. The Hall–Kier alpha value is -1.40. The van der Waals surface area contributed by atoms with Crippen molar-refractivity contribution in [1.82, 2.24) is 14.3 Å². The van der Waals surface area contributed by atoms with Crippen LogP contribution in [-0.2, 0) is 16.6 Å². The Morgan fingerprint density at radius 1 is 1.27 bits per heavy atom. The predicted octanol–water partition coefficient (Wildman–Crippen LogP) is 2.90. The molecule has 1 aromatic carbocycles. The molecule has 0 radical (unpaired) electrons. The van der Waals surface area contributed by atoms with Gasteiger partial charge in [0.2, 0.25) is 10.0 Å². The Morgan fingerprint density at radius 2 is 2.00 bits per heavy atom. The summed E-state index contributed by atoms with van der Waals surface area (Å²) in [5.74, 6) is 1.52. The van der Waals surface area contributed by atoms with Gasteiger partial charge in [-0.1, -0.05) is 37.8 Å². The number of H-pyrrole nitrogens is 1. The molecule has 0 atom stereocenters. The summed E-state index contributed by atoms with van der Waals surface area (Å²) in [6, 6.07) is 7.73. The molecule has 1 heterocycles. The lowest BCUT2D eigenvalue weighted by Crippen LogP contribution is -2.29. The molecule has 1 aliphatic rings. The van der Waals surface area contributed by atoms with Crippen molar-refractivity contribution in [3.8, 4) is 0 Å². The largest absolute Gasteiger partial charge is 0.341 e. The molecule has 22 heavy (non-hydrogen) atoms. The van der Waals surface area contributed by atoms with Gasteiger partial charge in [-0.05, 0) is 24.5 Å². The summed E-state index contributed by atoms with van der Waals surface area (Å²) in [4.78, 5) is 7.62. The van der Waals surface area contributed by atoms with Crippen LogP contribution in [0.4, 0.5) is 0 Å². The summed E-state index contributed by atoms with van der Waals surface area (Å²) in [5, 5.41) is 0. The number of para-hydroxylation sites is 2. The van der Waals surface area contributed by atoms with Crippen LogP contribution in [0, 0.1) is 5.92 Å². The molecule has 0 bridgehead atoms. The van der Waals surface area contributed by atoms with Crippen molar-refractivity contribution >= 4 is 21.1 Å². The molecule has 5 nitrogen and oxygen atoms in total. The first-order valence-corrected chi connectivity index (χ1v) is 9.53. The first kappa shape index (κ1) is 15.5. The molecule has 0 amide bonds. The van der Waals surface area contributed by atoms with Crippen molar-refractivity contribution < 1.29 is 8.42 Å². The van der Waals surface area contributed by atoms with E-state index >= 15 is 0 Å². The normalized spacial score (nSPS) is 16.8. The van der Waals surface area contributed by atoms with Gasteiger partial charge in [-0.3, -0.25) is 0 Å². The summed E-state index contributed by atoms with van der Waals surface area (Å²) in [7, 11) is -1.57. The van der Waals surface area contributed by atoms with Crippen molar-refractivity contribution in [3.63, 3.8) is 0 Å². The lowest BCUT2D eigenvalue weighted by atomic mass is 10.1. The van der Waals surface area contributed by atoms with E-state index in [-0.39, 0.29) is 5.75 Å². The number of aromatic amines is 1. The van der Waals surface area contributed by atoms with Crippen LogP contribution < -0.4 is 0 Å². The zero-order chi connectivity index (χ0) is 15.6. The fraction of sp³-hybridized carbons (Fsp3) is 0.562. The number of benzene rings is 1. The second-order valence-electron chi connectivity index (χ2n) is 6.21. The van der Waals surface area contributed by atoms with Gasteiger partial charge >= 0.3 is 0 Å². The number of imidazole rings is 1. The smallest absolute Gasteiger partial charge is 0.214 e. The predicted molar refractivity (Wildman–Crippen MR) is 87.9 cm³/mol. The van der Waals surface area contributed by atoms with Crippen LogP contribution in [-0.4, -0.2) is 35.5 Å². The number of fused-ring (bicyclic) bond motifs is 1. The second kappa shape index (κ2) is 6.38. The molecule has 2 aromatic rings. The van der Waals surface area contributed by atoms with Gasteiger partial charge < -0.3 is 4.98 Å². The molecule has 6 heteroatoms. The number of rotatable bonds is 6. The van der Waals surface area contributed by atoms with Crippen molar-refractivity contribution in [3.05, 3.63) is 30.1 Å². The number of hydrogen-bond donors (Lipinski definition) is 1. The Bertz CT molecular complexity index is 700. The number of aromatic nitrogens is 2. The third kappa shape index (κ3) is 3.50. The van der Waals surface area contributed by atoms with Gasteiger partial charge in [0.25, 0.3) is 0 Å². The summed E-state index contributed by atoms with van der Waals surface area (Å²) < 4.78 is 26.2. The van der Waals surface area contributed by atoms with Crippen LogP contribution in [0.25, 0.3) is 11.0 Å². The van der Waals surface area contributed by atoms with Crippen molar-refractivity contribution in [2.75, 3.05) is 12.8 Å². The molecule has 0 saturated heterocycles. The van der Waals surface area contributed by atoms with E-state index in [0.717, 1.165) is 17.5 Å². The highest BCUT2D eigenvalue weighted by Crippen LogP contribution is 2.28. The van der Waals surface area contributed by atoms with E-state index < -0.39 is 10.0 Å². The molecule has 0 spiro atoms. The van der Waals surface area contributed by atoms with E-state index in [1.807, 2.05) is 24.3 Å². The zero-order valence-electron chi connectivity index (χ0n) is 13.0. The van der Waals surface area contributed by atoms with Gasteiger partial charge in [0.1, 0.15) is 5.82 Å². The molecule has 1 aromatic heterocycles. The van der Waals surface area contributed by atoms with Gasteiger partial charge in [0.05, 0.1) is 23.3 Å². The maximum Gasteiger partial charge on any atom is 0.214 e. The van der Waals surface area contributed by atoms with Crippen LogP contribution in [0.5, 0.6) is 0 Å². The highest BCUT2D eigenvalue weighted by atomic mass is 32.2. The Morgan fingerprint density at radius 3 is 2.73 bits per heavy atom. The molecule has 1 saturated carbocycles. The average Bonchev–Trinajstić information content (AvgIpc) is 3.13. The molecule has 1 aliphatic carbocycles. The SMILES string of the molecule is CN(Cc1nc2ccccc2[nH]1)S(=O)(=O)CCC1CCCC1. The third-order valence-corrected chi connectivity index (χ3v) is 6.37. The number of hydrogen-bond acceptors (Lipinski definition) is 3. The fourth-order valence-corrected chi connectivity index (χ4v) is 4.42. The van der Waals surface area contributed by atoms with E-state index in [2.05, 4.69) is 9.97 Å². The molecular weight excluding hydrogens is 298 g/mol. The van der Waals surface area contributed by atoms with Gasteiger partial charge in [-0.2, -0.15) is 4.31 Å². The quantitative estimate of drug-likeness (QED) is 0.889. The van der Waals surface area contributed by atoms with E-state index in [4.69, 9.17) is 0 Å². The zero-order valence-corrected chi connectivity index (χ0v) is 13.8. The Balaban J connectivity index is 1.62. The topological polar surface area (TPSA) is 66.1 Å². The fourth-order valence-electron chi connectivity index (χ4n) is 3.16. The number of nitrogens with one attached hydrogen (secondary N) is 1. The Kier molecular flexibility index (Phi) is 4.49. The summed E-state index contributed by atoms with van der Waals surface area (Å²) in [6.07, 6.45) is 5.65. The van der Waals surface area contributed by atoms with Crippen molar-refractivity contribution in [2.24, 2.45) is 5.92 Å². The third-order valence-electron chi connectivity index (χ3n) is 4.54. The van der Waals surface area contributed by atoms with Gasteiger partial charge in [-0.15, -0.1) is 0 Å². The monoisotopic (exact) mass is 321 g/mol. The molecule has 0 aliphatic heterocycles. The van der Waals surface area contributed by atoms with E-state index in [1.54, 1.807) is 7.05 Å². The number of sulfonamides is 1. The first-order valence-electron chi connectivity index (χ1n) is 7.92. The van der Waals surface area contributed by atoms with Crippen molar-refractivity contribution in [1.29, 1.82) is 0 Å². The Labute approximate surface area is 131 Å². The highest BCUT2D eigenvalue weighted by molar-refractivity contribution is 7.89. The van der Waals surface area contributed by atoms with Crippen LogP contribution >= 0.6 is 0 Å². The first-order chi connectivity index (χ1) is 10.5. The minimum atomic E-state index is -3.21. The highest BCUT2D eigenvalue weighted by Gasteiger charge is 2.23. The molecule has 1 fully saturated rings. The van der Waals surface area contributed by atoms with Gasteiger partial charge in [0, 0.05) is 7.05 Å². The molecule has 120 valence electrons. The van der Waals surface area contributed by atoms with Crippen LogP contribution in [0.2, 0.25) is 0 Å². The number of nitrogens with zero attached hydrogens (tertiary/aromatic N) is 2. The van der Waals surface area contributed by atoms with Crippen LogP contribution in [0.3, 0.4) is 0 Å². The van der Waals surface area contributed by atoms with Crippen LogP contribution in [0.1, 0.15) is 37.9 Å². The summed E-state index contributed by atoms with van der Waals surface area (Å²) >= 11 is 0. The molecule has 3 rings (SSSR count). The summed E-state index contributed by atoms with van der Waals surface area (Å²) in [5.41, 5.74) is 1.81. The maximum atomic E-state index is 12.4. The minimum absolute atomic E-state index is 0.244. The average molecular weight is 321 g/mol. The standard InChI is InChI=1S/C16H23N3O2S/c1-19(22(20,21)11-10-13-6-2-3-7-13)12-16-17-14-8-4-5-9-15(14)18-16/h4-5,8-9,13H,2-3,6-7,10-12H2,1H3,(H,17,18). The second-order valence-corrected chi connectivity index (χ2v) is 8.41.